The van der Waals surface area contributed by atoms with Crippen molar-refractivity contribution in [1.82, 2.24) is 4.98 Å². The molecule has 0 amide bonds. The fraction of sp³-hybridized carbons (Fsp3) is 0.455. The number of nitrogens with zero attached hydrogens (tertiary/aromatic N) is 1. The number of halogens is 2. The molecule has 0 spiro atoms. The predicted octanol–water partition coefficient (Wildman–Crippen LogP) is 0.904. The van der Waals surface area contributed by atoms with Crippen molar-refractivity contribution >= 4 is 5.97 Å². The lowest BCUT2D eigenvalue weighted by molar-refractivity contribution is -0.158. The molecule has 0 fully saturated rings. The molecule has 19 heavy (non-hydrogen) atoms. The van der Waals surface area contributed by atoms with Crippen LogP contribution >= 0.6 is 0 Å². The monoisotopic (exact) mass is 277 g/mol. The molecular weight excluding hydrogens is 264 g/mol. The molecule has 1 aromatic rings. The van der Waals surface area contributed by atoms with E-state index >= 15 is 0 Å². The molecule has 0 aliphatic carbocycles. The number of carbonyl (C=O) groups is 1. The predicted molar refractivity (Wildman–Crippen MR) is 58.6 cm³/mol. The van der Waals surface area contributed by atoms with Crippen LogP contribution in [0.2, 0.25) is 0 Å². The van der Waals surface area contributed by atoms with Gasteiger partial charge in [0, 0.05) is 13.3 Å². The molecule has 1 aromatic heterocycles. The number of rotatable bonds is 6. The minimum absolute atomic E-state index is 0.191. The third kappa shape index (κ3) is 3.83. The van der Waals surface area contributed by atoms with E-state index in [4.69, 9.17) is 0 Å². The summed E-state index contributed by atoms with van der Waals surface area (Å²) in [6.45, 7) is -3.08. The van der Waals surface area contributed by atoms with Crippen molar-refractivity contribution in [2.45, 2.75) is 18.8 Å². The van der Waals surface area contributed by atoms with E-state index in [0.717, 1.165) is 14.2 Å². The van der Waals surface area contributed by atoms with Gasteiger partial charge in [-0.25, -0.2) is 0 Å². The van der Waals surface area contributed by atoms with Gasteiger partial charge in [0.2, 0.25) is 0 Å². The van der Waals surface area contributed by atoms with Crippen molar-refractivity contribution in [3.05, 3.63) is 24.0 Å². The molecule has 0 aromatic carbocycles. The Hall–Kier alpha value is -1.80. The molecule has 6 nitrogen and oxygen atoms in total. The molecule has 106 valence electrons. The van der Waals surface area contributed by atoms with Crippen molar-refractivity contribution in [2.75, 3.05) is 14.2 Å². The Labute approximate surface area is 107 Å². The van der Waals surface area contributed by atoms with Crippen LogP contribution in [0.3, 0.4) is 0 Å². The van der Waals surface area contributed by atoms with Gasteiger partial charge >= 0.3 is 12.6 Å². The second-order valence-corrected chi connectivity index (χ2v) is 3.39. The van der Waals surface area contributed by atoms with Crippen LogP contribution in [0.15, 0.2) is 18.3 Å². The highest BCUT2D eigenvalue weighted by molar-refractivity contribution is 5.78. The average Bonchev–Trinajstić information content (AvgIpc) is 2.39. The molecule has 8 heteroatoms. The lowest BCUT2D eigenvalue weighted by atomic mass is 10.0. The van der Waals surface area contributed by atoms with E-state index in [1.54, 1.807) is 0 Å². The summed E-state index contributed by atoms with van der Waals surface area (Å²) in [6, 6.07) is 2.56. The van der Waals surface area contributed by atoms with Crippen LogP contribution in [0.1, 0.15) is 11.6 Å². The maximum atomic E-state index is 12.3. The van der Waals surface area contributed by atoms with E-state index in [1.165, 1.54) is 18.3 Å². The first-order valence-corrected chi connectivity index (χ1v) is 5.19. The number of alkyl halides is 2. The topological polar surface area (TPSA) is 77.9 Å². The lowest BCUT2D eigenvalue weighted by Crippen LogP contribution is -2.30. The van der Waals surface area contributed by atoms with Crippen molar-refractivity contribution in [1.29, 1.82) is 0 Å². The minimum atomic E-state index is -3.08. The fourth-order valence-corrected chi connectivity index (χ4v) is 1.46. The maximum Gasteiger partial charge on any atom is 0.387 e. The fourth-order valence-electron chi connectivity index (χ4n) is 1.46. The third-order valence-corrected chi connectivity index (χ3v) is 2.29. The quantitative estimate of drug-likeness (QED) is 0.615. The van der Waals surface area contributed by atoms with Crippen LogP contribution in [-0.4, -0.2) is 43.2 Å². The number of carbonyl (C=O) groups excluding carboxylic acids is 1. The second-order valence-electron chi connectivity index (χ2n) is 3.39. The molecule has 1 heterocycles. The molecule has 0 aliphatic rings. The van der Waals surface area contributed by atoms with Gasteiger partial charge in [-0.3, -0.25) is 9.78 Å². The van der Waals surface area contributed by atoms with Gasteiger partial charge in [0.15, 0.2) is 12.2 Å². The van der Waals surface area contributed by atoms with Crippen LogP contribution in [-0.2, 0) is 14.3 Å². The van der Waals surface area contributed by atoms with Gasteiger partial charge in [-0.1, -0.05) is 0 Å². The molecule has 0 saturated carbocycles. The Morgan fingerprint density at radius 2 is 2.11 bits per heavy atom. The second kappa shape index (κ2) is 6.95. The summed E-state index contributed by atoms with van der Waals surface area (Å²) in [5.41, 5.74) is -0.191. The smallest absolute Gasteiger partial charge is 0.387 e. The van der Waals surface area contributed by atoms with Gasteiger partial charge in [-0.05, 0) is 12.1 Å². The molecule has 1 rings (SSSR count). The molecule has 0 aliphatic heterocycles. The Balaban J connectivity index is 3.18. The van der Waals surface area contributed by atoms with E-state index in [1.807, 2.05) is 0 Å². The summed E-state index contributed by atoms with van der Waals surface area (Å²) < 4.78 is 37.9. The molecule has 0 bridgehead atoms. The van der Waals surface area contributed by atoms with Gasteiger partial charge in [-0.2, -0.15) is 8.78 Å². The summed E-state index contributed by atoms with van der Waals surface area (Å²) in [6.07, 6.45) is -0.325. The standard InChI is InChI=1S/C11H13F2NO5/c1-17-9(15)7(10(16)18-2)8-6(19-11(12)13)4-3-5-14-8/h3-5,7,9,11,15H,1-2H3. The molecular formula is C11H13F2NO5. The van der Waals surface area contributed by atoms with Crippen molar-refractivity contribution < 1.29 is 32.9 Å². The van der Waals surface area contributed by atoms with Crippen molar-refractivity contribution in [3.63, 3.8) is 0 Å². The zero-order valence-electron chi connectivity index (χ0n) is 10.2. The zero-order valence-corrected chi connectivity index (χ0v) is 10.2. The number of aliphatic hydroxyl groups excluding tert-OH is 1. The Kier molecular flexibility index (Phi) is 5.58. The van der Waals surface area contributed by atoms with Crippen LogP contribution in [0.25, 0.3) is 0 Å². The van der Waals surface area contributed by atoms with Crippen LogP contribution < -0.4 is 4.74 Å². The Morgan fingerprint density at radius 1 is 1.42 bits per heavy atom. The number of aliphatic hydroxyl groups is 1. The highest BCUT2D eigenvalue weighted by Crippen LogP contribution is 2.29. The molecule has 0 saturated heterocycles. The van der Waals surface area contributed by atoms with E-state index in [-0.39, 0.29) is 11.4 Å². The zero-order chi connectivity index (χ0) is 14.4. The van der Waals surface area contributed by atoms with Gasteiger partial charge in [0.05, 0.1) is 7.11 Å². The number of methoxy groups -OCH3 is 2. The van der Waals surface area contributed by atoms with E-state index in [2.05, 4.69) is 19.2 Å². The first kappa shape index (κ1) is 15.3. The summed E-state index contributed by atoms with van der Waals surface area (Å²) in [7, 11) is 2.24. The molecule has 0 radical (unpaired) electrons. The first-order chi connectivity index (χ1) is 9.01. The van der Waals surface area contributed by atoms with E-state index in [9.17, 15) is 18.7 Å². The molecule has 2 unspecified atom stereocenters. The highest BCUT2D eigenvalue weighted by Gasteiger charge is 2.34. The van der Waals surface area contributed by atoms with Crippen LogP contribution in [0.4, 0.5) is 8.78 Å². The highest BCUT2D eigenvalue weighted by atomic mass is 19.3. The number of hydrogen-bond acceptors (Lipinski definition) is 6. The van der Waals surface area contributed by atoms with Crippen molar-refractivity contribution in [3.8, 4) is 5.75 Å². The Morgan fingerprint density at radius 3 is 2.63 bits per heavy atom. The summed E-state index contributed by atoms with van der Waals surface area (Å²) >= 11 is 0. The van der Waals surface area contributed by atoms with Gasteiger partial charge < -0.3 is 19.3 Å². The summed E-state index contributed by atoms with van der Waals surface area (Å²) in [5, 5.41) is 9.63. The first-order valence-electron chi connectivity index (χ1n) is 5.19. The van der Waals surface area contributed by atoms with Gasteiger partial charge in [0.1, 0.15) is 11.4 Å². The Bertz CT molecular complexity index is 429. The summed E-state index contributed by atoms with van der Waals surface area (Å²) in [5.74, 6) is -2.60. The van der Waals surface area contributed by atoms with E-state index < -0.39 is 24.8 Å². The number of aromatic nitrogens is 1. The molecule has 1 N–H and O–H groups in total. The average molecular weight is 277 g/mol. The van der Waals surface area contributed by atoms with Crippen molar-refractivity contribution in [2.24, 2.45) is 0 Å². The van der Waals surface area contributed by atoms with Crippen LogP contribution in [0.5, 0.6) is 5.75 Å². The van der Waals surface area contributed by atoms with Gasteiger partial charge in [0.25, 0.3) is 0 Å². The number of hydrogen-bond donors (Lipinski definition) is 1. The number of pyridine rings is 1. The largest absolute Gasteiger partial charge is 0.468 e. The number of esters is 1. The minimum Gasteiger partial charge on any atom is -0.468 e. The number of ether oxygens (including phenoxy) is 3. The van der Waals surface area contributed by atoms with E-state index in [0.29, 0.717) is 0 Å². The maximum absolute atomic E-state index is 12.3. The summed E-state index contributed by atoms with van der Waals surface area (Å²) in [4.78, 5) is 15.4. The van der Waals surface area contributed by atoms with Gasteiger partial charge in [-0.15, -0.1) is 0 Å². The lowest BCUT2D eigenvalue weighted by Gasteiger charge is -2.20. The normalized spacial score (nSPS) is 14.0. The SMILES string of the molecule is COC(=O)C(c1ncccc1OC(F)F)C(O)OC. The third-order valence-electron chi connectivity index (χ3n) is 2.29. The van der Waals surface area contributed by atoms with Crippen LogP contribution in [0, 0.1) is 0 Å². The molecule has 2 atom stereocenters.